The van der Waals surface area contributed by atoms with E-state index in [-0.39, 0.29) is 22.6 Å². The molecule has 60 heavy (non-hydrogen) atoms. The number of ketones is 1. The minimum atomic E-state index is -4.81. The topological polar surface area (TPSA) is 79.1 Å². The smallest absolute Gasteiger partial charge is 0.422 e. The van der Waals surface area contributed by atoms with Crippen molar-refractivity contribution < 1.29 is 50.2 Å². The van der Waals surface area contributed by atoms with Crippen LogP contribution < -0.4 is 9.47 Å². The number of oxime groups is 1. The van der Waals surface area contributed by atoms with Crippen molar-refractivity contribution in [3.8, 4) is 11.5 Å². The molecule has 0 fully saturated rings. The number of aryl methyl sites for hydroxylation is 3. The standard InChI is InChI=1S/C47H46F6N2O5/c1-7-9-12-31(8-2)24-55-40-18-15-32(43(54-60-30(6)56)36-17-16-33(58-25-46(48,49)50)22-41(36)59-26-47(51,52)53)21-37(40)38-23-39(34-13-10-11-14-35(34)44(38)55)45(57)42-28(4)19-27(3)20-29(42)5/h10-11,13-23,31H,7-9,12,24-26H2,1-6H3/b54-43-. The number of hydrogen-bond donors (Lipinski definition) is 0. The summed E-state index contributed by atoms with van der Waals surface area (Å²) in [7, 11) is 0. The minimum absolute atomic E-state index is 0.111. The molecule has 0 aliphatic rings. The summed E-state index contributed by atoms with van der Waals surface area (Å²) in [6, 6.07) is 22.1. The second-order valence-electron chi connectivity index (χ2n) is 15.2. The molecule has 0 saturated carbocycles. The lowest BCUT2D eigenvalue weighted by atomic mass is 9.89. The van der Waals surface area contributed by atoms with Gasteiger partial charge in [-0.1, -0.05) is 86.3 Å². The van der Waals surface area contributed by atoms with E-state index in [0.717, 1.165) is 88.6 Å². The summed E-state index contributed by atoms with van der Waals surface area (Å²) in [6.07, 6.45) is -5.54. The molecule has 0 N–H and O–H groups in total. The Balaban J connectivity index is 1.64. The van der Waals surface area contributed by atoms with Gasteiger partial charge in [-0.3, -0.25) is 4.79 Å². The van der Waals surface area contributed by atoms with Crippen LogP contribution >= 0.6 is 0 Å². The summed E-state index contributed by atoms with van der Waals surface area (Å²) in [5.41, 5.74) is 5.56. The summed E-state index contributed by atoms with van der Waals surface area (Å²) in [5, 5.41) is 7.11. The number of carbonyl (C=O) groups excluding carboxylic acids is 2. The van der Waals surface area contributed by atoms with Crippen molar-refractivity contribution in [2.24, 2.45) is 11.1 Å². The van der Waals surface area contributed by atoms with Crippen molar-refractivity contribution in [3.63, 3.8) is 0 Å². The maximum atomic E-state index is 14.7. The molecule has 316 valence electrons. The van der Waals surface area contributed by atoms with Crippen LogP contribution in [0.2, 0.25) is 0 Å². The third kappa shape index (κ3) is 9.77. The highest BCUT2D eigenvalue weighted by atomic mass is 19.4. The second kappa shape index (κ2) is 17.8. The van der Waals surface area contributed by atoms with Gasteiger partial charge in [0.2, 0.25) is 0 Å². The van der Waals surface area contributed by atoms with Gasteiger partial charge in [0.1, 0.15) is 17.2 Å². The first kappa shape index (κ1) is 43.7. The third-order valence-corrected chi connectivity index (χ3v) is 10.5. The van der Waals surface area contributed by atoms with Gasteiger partial charge in [0.25, 0.3) is 0 Å². The molecule has 6 aromatic rings. The van der Waals surface area contributed by atoms with Gasteiger partial charge in [-0.25, -0.2) is 4.79 Å². The Hall–Kier alpha value is -5.85. The summed E-state index contributed by atoms with van der Waals surface area (Å²) < 4.78 is 91.9. The van der Waals surface area contributed by atoms with E-state index in [1.165, 1.54) is 6.07 Å². The predicted octanol–water partition coefficient (Wildman–Crippen LogP) is 12.5. The van der Waals surface area contributed by atoms with Crippen LogP contribution in [-0.4, -0.2) is 47.6 Å². The molecule has 1 atom stereocenters. The average Bonchev–Trinajstić information content (AvgIpc) is 3.49. The predicted molar refractivity (Wildman–Crippen MR) is 221 cm³/mol. The molecular weight excluding hydrogens is 787 g/mol. The maximum Gasteiger partial charge on any atom is 0.422 e. The molecule has 0 bridgehead atoms. The number of aromatic nitrogens is 1. The Morgan fingerprint density at radius 2 is 1.42 bits per heavy atom. The fourth-order valence-electron chi connectivity index (χ4n) is 7.94. The van der Waals surface area contributed by atoms with Gasteiger partial charge in [0.15, 0.2) is 19.0 Å². The van der Waals surface area contributed by atoms with Crippen molar-refractivity contribution >= 4 is 50.0 Å². The van der Waals surface area contributed by atoms with Gasteiger partial charge in [-0.2, -0.15) is 26.3 Å². The largest absolute Gasteiger partial charge is 0.484 e. The first-order valence-electron chi connectivity index (χ1n) is 19.8. The molecule has 0 aliphatic carbocycles. The van der Waals surface area contributed by atoms with Crippen molar-refractivity contribution in [1.82, 2.24) is 4.57 Å². The van der Waals surface area contributed by atoms with E-state index in [9.17, 15) is 35.9 Å². The number of rotatable bonds is 15. The van der Waals surface area contributed by atoms with E-state index in [1.807, 2.05) is 69.3 Å². The van der Waals surface area contributed by atoms with Gasteiger partial charge in [-0.15, -0.1) is 0 Å². The van der Waals surface area contributed by atoms with Gasteiger partial charge < -0.3 is 18.9 Å². The molecule has 1 heterocycles. The number of carbonyl (C=O) groups is 2. The highest BCUT2D eigenvalue weighted by molar-refractivity contribution is 6.27. The van der Waals surface area contributed by atoms with E-state index in [4.69, 9.17) is 14.3 Å². The Morgan fingerprint density at radius 1 is 0.750 bits per heavy atom. The van der Waals surface area contributed by atoms with Crippen molar-refractivity contribution in [1.29, 1.82) is 0 Å². The molecule has 6 rings (SSSR count). The molecule has 0 spiro atoms. The van der Waals surface area contributed by atoms with Crippen LogP contribution in [0.4, 0.5) is 26.3 Å². The van der Waals surface area contributed by atoms with Crippen LogP contribution in [0.25, 0.3) is 32.6 Å². The molecule has 5 aromatic carbocycles. The van der Waals surface area contributed by atoms with Crippen LogP contribution in [0.1, 0.15) is 90.2 Å². The van der Waals surface area contributed by atoms with Crippen molar-refractivity contribution in [2.45, 2.75) is 86.1 Å². The second-order valence-corrected chi connectivity index (χ2v) is 15.2. The summed E-state index contributed by atoms with van der Waals surface area (Å²) in [4.78, 5) is 31.9. The number of hydrogen-bond acceptors (Lipinski definition) is 6. The Labute approximate surface area is 343 Å². The van der Waals surface area contributed by atoms with Crippen LogP contribution in [0, 0.1) is 26.7 Å². The van der Waals surface area contributed by atoms with Gasteiger partial charge in [0.05, 0.1) is 5.52 Å². The van der Waals surface area contributed by atoms with Crippen LogP contribution in [-0.2, 0) is 16.2 Å². The van der Waals surface area contributed by atoms with Crippen molar-refractivity contribution in [3.05, 3.63) is 118 Å². The molecule has 0 aliphatic heterocycles. The molecule has 1 aromatic heterocycles. The number of ether oxygens (including phenoxy) is 2. The first-order valence-corrected chi connectivity index (χ1v) is 19.8. The van der Waals surface area contributed by atoms with Crippen LogP contribution in [0.15, 0.2) is 84.0 Å². The molecule has 0 amide bonds. The molecule has 0 saturated heterocycles. The SMILES string of the molecule is CCCCC(CC)Cn1c2ccc(/C(=N/OC(C)=O)c3ccc(OCC(F)(F)F)cc3OCC(F)(F)F)cc2c2cc(C(=O)c3c(C)cc(C)cc3C)c3ccccc3c21. The molecule has 13 heteroatoms. The summed E-state index contributed by atoms with van der Waals surface area (Å²) in [5.74, 6) is -1.58. The van der Waals surface area contributed by atoms with E-state index in [0.29, 0.717) is 29.0 Å². The number of halogens is 6. The normalized spacial score (nSPS) is 13.0. The molecule has 1 unspecified atom stereocenters. The quantitative estimate of drug-likeness (QED) is 0.0338. The zero-order chi connectivity index (χ0) is 43.5. The summed E-state index contributed by atoms with van der Waals surface area (Å²) >= 11 is 0. The highest BCUT2D eigenvalue weighted by Crippen LogP contribution is 2.40. The third-order valence-electron chi connectivity index (χ3n) is 10.5. The first-order chi connectivity index (χ1) is 28.4. The fourth-order valence-corrected chi connectivity index (χ4v) is 7.94. The van der Waals surface area contributed by atoms with E-state index >= 15 is 0 Å². The average molecular weight is 833 g/mol. The fraction of sp³-hybridized carbons (Fsp3) is 0.340. The number of fused-ring (bicyclic) bond motifs is 5. The summed E-state index contributed by atoms with van der Waals surface area (Å²) in [6.45, 7) is 8.39. The minimum Gasteiger partial charge on any atom is -0.484 e. The van der Waals surface area contributed by atoms with E-state index in [1.54, 1.807) is 12.1 Å². The van der Waals surface area contributed by atoms with Gasteiger partial charge in [0, 0.05) is 63.5 Å². The van der Waals surface area contributed by atoms with Crippen LogP contribution in [0.3, 0.4) is 0 Å². The van der Waals surface area contributed by atoms with Gasteiger partial charge >= 0.3 is 18.3 Å². The number of unbranched alkanes of at least 4 members (excludes halogenated alkanes) is 1. The maximum absolute atomic E-state index is 14.7. The molecular formula is C47H46F6N2O5. The lowest BCUT2D eigenvalue weighted by Crippen LogP contribution is -2.21. The Bertz CT molecular complexity index is 2580. The lowest BCUT2D eigenvalue weighted by molar-refractivity contribution is -0.154. The number of alkyl halides is 6. The lowest BCUT2D eigenvalue weighted by Gasteiger charge is -2.19. The van der Waals surface area contributed by atoms with E-state index in [2.05, 4.69) is 23.6 Å². The zero-order valence-corrected chi connectivity index (χ0v) is 34.2. The number of benzene rings is 5. The Morgan fingerprint density at radius 3 is 2.05 bits per heavy atom. The zero-order valence-electron chi connectivity index (χ0n) is 34.2. The molecule has 7 nitrogen and oxygen atoms in total. The monoisotopic (exact) mass is 832 g/mol. The van der Waals surface area contributed by atoms with E-state index < -0.39 is 43.0 Å². The van der Waals surface area contributed by atoms with Crippen molar-refractivity contribution in [2.75, 3.05) is 13.2 Å². The Kier molecular flexibility index (Phi) is 13.0. The number of nitrogens with zero attached hydrogens (tertiary/aromatic N) is 2. The molecule has 0 radical (unpaired) electrons. The van der Waals surface area contributed by atoms with Gasteiger partial charge in [-0.05, 0) is 80.0 Å². The van der Waals surface area contributed by atoms with Crippen LogP contribution in [0.5, 0.6) is 11.5 Å². The highest BCUT2D eigenvalue weighted by Gasteiger charge is 2.31.